The fraction of sp³-hybridized carbons (Fsp3) is 0.118. The smallest absolute Gasteiger partial charge is 0.274 e. The number of hydrogen-bond acceptors (Lipinski definition) is 4. The van der Waals surface area contributed by atoms with Crippen molar-refractivity contribution < 1.29 is 9.53 Å². The van der Waals surface area contributed by atoms with Crippen LogP contribution in [0.25, 0.3) is 22.0 Å². The molecule has 4 rings (SSSR count). The number of hydrogen-bond donors (Lipinski definition) is 1. The Morgan fingerprint density at radius 2 is 1.91 bits per heavy atom. The zero-order valence-electron chi connectivity index (χ0n) is 12.4. The molecule has 114 valence electrons. The zero-order valence-corrected chi connectivity index (χ0v) is 12.4. The van der Waals surface area contributed by atoms with Crippen LogP contribution in [0, 0.1) is 0 Å². The molecule has 23 heavy (non-hydrogen) atoms. The fourth-order valence-corrected chi connectivity index (χ4v) is 2.74. The van der Waals surface area contributed by atoms with E-state index in [0.717, 1.165) is 10.9 Å². The molecule has 0 atom stereocenters. The van der Waals surface area contributed by atoms with Gasteiger partial charge in [-0.25, -0.2) is 4.68 Å². The van der Waals surface area contributed by atoms with Crippen molar-refractivity contribution in [3.63, 3.8) is 0 Å². The maximum absolute atomic E-state index is 12.2. The first-order valence-electron chi connectivity index (χ1n) is 7.16. The summed E-state index contributed by atoms with van der Waals surface area (Å²) in [7, 11) is 1.63. The summed E-state index contributed by atoms with van der Waals surface area (Å²) in [5.74, 6) is 0.440. The van der Waals surface area contributed by atoms with Gasteiger partial charge in [-0.1, -0.05) is 18.2 Å². The van der Waals surface area contributed by atoms with Crippen molar-refractivity contribution in [1.82, 2.24) is 9.78 Å². The van der Waals surface area contributed by atoms with E-state index < -0.39 is 0 Å². The molecule has 0 radical (unpaired) electrons. The second-order valence-corrected chi connectivity index (χ2v) is 5.37. The molecule has 1 aliphatic heterocycles. The van der Waals surface area contributed by atoms with Gasteiger partial charge in [0.15, 0.2) is 6.61 Å². The Morgan fingerprint density at radius 1 is 1.13 bits per heavy atom. The predicted molar refractivity (Wildman–Crippen MR) is 86.5 cm³/mol. The molecule has 0 aliphatic carbocycles. The van der Waals surface area contributed by atoms with E-state index in [2.05, 4.69) is 10.4 Å². The molecule has 6 nitrogen and oxygen atoms in total. The van der Waals surface area contributed by atoms with Crippen molar-refractivity contribution >= 4 is 22.4 Å². The van der Waals surface area contributed by atoms with Crippen molar-refractivity contribution in [2.45, 2.75) is 0 Å². The monoisotopic (exact) mass is 307 g/mol. The molecular formula is C17H13N3O3. The van der Waals surface area contributed by atoms with Crippen molar-refractivity contribution in [3.05, 3.63) is 52.8 Å². The number of fused-ring (bicyclic) bond motifs is 2. The number of rotatable bonds is 1. The lowest BCUT2D eigenvalue weighted by molar-refractivity contribution is -0.118. The SMILES string of the molecule is Cn1nc(-c2ccc3c(c2)NC(=O)CO3)c2ccccc2c1=O. The van der Waals surface area contributed by atoms with E-state index in [1.807, 2.05) is 30.3 Å². The lowest BCUT2D eigenvalue weighted by Gasteiger charge is -2.18. The van der Waals surface area contributed by atoms with Crippen LogP contribution in [0.1, 0.15) is 0 Å². The normalized spacial score (nSPS) is 13.3. The van der Waals surface area contributed by atoms with Gasteiger partial charge in [0.1, 0.15) is 5.75 Å². The maximum atomic E-state index is 12.2. The second kappa shape index (κ2) is 4.95. The Morgan fingerprint density at radius 3 is 2.74 bits per heavy atom. The van der Waals surface area contributed by atoms with Crippen LogP contribution >= 0.6 is 0 Å². The minimum atomic E-state index is -0.187. The van der Waals surface area contributed by atoms with Crippen LogP contribution in [-0.2, 0) is 11.8 Å². The summed E-state index contributed by atoms with van der Waals surface area (Å²) in [6.07, 6.45) is 0. The molecule has 2 heterocycles. The first-order chi connectivity index (χ1) is 11.1. The molecule has 3 aromatic rings. The van der Waals surface area contributed by atoms with Gasteiger partial charge in [0.25, 0.3) is 11.5 Å². The van der Waals surface area contributed by atoms with Crippen molar-refractivity contribution in [2.75, 3.05) is 11.9 Å². The van der Waals surface area contributed by atoms with Crippen LogP contribution in [0.15, 0.2) is 47.3 Å². The van der Waals surface area contributed by atoms with Gasteiger partial charge in [-0.2, -0.15) is 5.10 Å². The third kappa shape index (κ3) is 2.15. The fourth-order valence-electron chi connectivity index (χ4n) is 2.74. The maximum Gasteiger partial charge on any atom is 0.274 e. The summed E-state index contributed by atoms with van der Waals surface area (Å²) in [5.41, 5.74) is 1.96. The predicted octanol–water partition coefficient (Wildman–Crippen LogP) is 1.93. The summed E-state index contributed by atoms with van der Waals surface area (Å²) in [4.78, 5) is 23.7. The molecule has 0 saturated carbocycles. The number of nitrogens with zero attached hydrogens (tertiary/aromatic N) is 2. The number of aryl methyl sites for hydroxylation is 1. The summed E-state index contributed by atoms with van der Waals surface area (Å²) >= 11 is 0. The Balaban J connectivity index is 1.97. The van der Waals surface area contributed by atoms with Gasteiger partial charge >= 0.3 is 0 Å². The lowest BCUT2D eigenvalue weighted by Crippen LogP contribution is -2.25. The van der Waals surface area contributed by atoms with Gasteiger partial charge < -0.3 is 10.1 Å². The molecule has 1 N–H and O–H groups in total. The first-order valence-corrected chi connectivity index (χ1v) is 7.16. The quantitative estimate of drug-likeness (QED) is 0.745. The van der Waals surface area contributed by atoms with Gasteiger partial charge in [-0.05, 0) is 24.3 Å². The van der Waals surface area contributed by atoms with Crippen LogP contribution in [-0.4, -0.2) is 22.3 Å². The molecule has 2 aromatic carbocycles. The number of carbonyl (C=O) groups excluding carboxylic acids is 1. The van der Waals surface area contributed by atoms with Crippen molar-refractivity contribution in [3.8, 4) is 17.0 Å². The van der Waals surface area contributed by atoms with Crippen molar-refractivity contribution in [1.29, 1.82) is 0 Å². The summed E-state index contributed by atoms with van der Waals surface area (Å²) in [5, 5.41) is 8.56. The van der Waals surface area contributed by atoms with Gasteiger partial charge in [-0.15, -0.1) is 0 Å². The average molecular weight is 307 g/mol. The standard InChI is InChI=1S/C17H13N3O3/c1-20-17(22)12-5-3-2-4-11(12)16(19-20)10-6-7-14-13(8-10)18-15(21)9-23-14/h2-8H,9H2,1H3,(H,18,21). The molecule has 0 unspecified atom stereocenters. The summed E-state index contributed by atoms with van der Waals surface area (Å²) < 4.78 is 6.69. The van der Waals surface area contributed by atoms with E-state index >= 15 is 0 Å². The van der Waals surface area contributed by atoms with Crippen LogP contribution in [0.3, 0.4) is 0 Å². The summed E-state index contributed by atoms with van der Waals surface area (Å²) in [6, 6.07) is 12.8. The number of amides is 1. The van der Waals surface area contributed by atoms with Crippen molar-refractivity contribution in [2.24, 2.45) is 7.05 Å². The number of aromatic nitrogens is 2. The summed E-state index contributed by atoms with van der Waals surface area (Å²) in [6.45, 7) is 0.0212. The van der Waals surface area contributed by atoms with E-state index in [1.54, 1.807) is 19.2 Å². The molecule has 1 aromatic heterocycles. The molecule has 6 heteroatoms. The van der Waals surface area contributed by atoms with Gasteiger partial charge in [0.2, 0.25) is 0 Å². The minimum Gasteiger partial charge on any atom is -0.482 e. The minimum absolute atomic E-state index is 0.0212. The highest BCUT2D eigenvalue weighted by atomic mass is 16.5. The molecule has 0 bridgehead atoms. The number of anilines is 1. The van der Waals surface area contributed by atoms with Crippen LogP contribution in [0.4, 0.5) is 5.69 Å². The Bertz CT molecular complexity index is 1010. The highest BCUT2D eigenvalue weighted by Crippen LogP contribution is 2.33. The lowest BCUT2D eigenvalue weighted by atomic mass is 10.0. The molecule has 0 spiro atoms. The van der Waals surface area contributed by atoms with Gasteiger partial charge in [-0.3, -0.25) is 9.59 Å². The second-order valence-electron chi connectivity index (χ2n) is 5.37. The van der Waals surface area contributed by atoms with E-state index in [-0.39, 0.29) is 18.1 Å². The first kappa shape index (κ1) is 13.5. The van der Waals surface area contributed by atoms with E-state index in [0.29, 0.717) is 22.5 Å². The Hall–Kier alpha value is -3.15. The Kier molecular flexibility index (Phi) is 2.90. The molecule has 0 fully saturated rings. The average Bonchev–Trinajstić information content (AvgIpc) is 2.57. The van der Waals surface area contributed by atoms with E-state index in [1.165, 1.54) is 4.68 Å². The van der Waals surface area contributed by atoms with Crippen LogP contribution in [0.5, 0.6) is 5.75 Å². The molecule has 1 aliphatic rings. The zero-order chi connectivity index (χ0) is 16.0. The van der Waals surface area contributed by atoms with Gasteiger partial charge in [0, 0.05) is 18.0 Å². The third-order valence-electron chi connectivity index (χ3n) is 3.84. The molecule has 1 amide bonds. The largest absolute Gasteiger partial charge is 0.482 e. The van der Waals surface area contributed by atoms with Crippen LogP contribution < -0.4 is 15.6 Å². The van der Waals surface area contributed by atoms with E-state index in [9.17, 15) is 9.59 Å². The van der Waals surface area contributed by atoms with E-state index in [4.69, 9.17) is 4.74 Å². The molecular weight excluding hydrogens is 294 g/mol. The highest BCUT2D eigenvalue weighted by molar-refractivity contribution is 5.98. The number of nitrogens with one attached hydrogen (secondary N) is 1. The molecule has 0 saturated heterocycles. The Labute approximate surface area is 131 Å². The van der Waals surface area contributed by atoms with Gasteiger partial charge in [0.05, 0.1) is 16.8 Å². The number of benzene rings is 2. The highest BCUT2D eigenvalue weighted by Gasteiger charge is 2.18. The third-order valence-corrected chi connectivity index (χ3v) is 3.84. The topological polar surface area (TPSA) is 73.2 Å². The van der Waals surface area contributed by atoms with Crippen LogP contribution in [0.2, 0.25) is 0 Å². The number of ether oxygens (including phenoxy) is 1. The number of carbonyl (C=O) groups is 1.